The smallest absolute Gasteiger partial charge is 0.407 e. The molecule has 0 spiro atoms. The Bertz CT molecular complexity index is 883. The van der Waals surface area contributed by atoms with Gasteiger partial charge >= 0.3 is 6.09 Å². The summed E-state index contributed by atoms with van der Waals surface area (Å²) in [7, 11) is -3.38. The van der Waals surface area contributed by atoms with Crippen LogP contribution in [0.4, 0.5) is 4.79 Å². The van der Waals surface area contributed by atoms with E-state index in [1.54, 1.807) is 17.1 Å². The standard InChI is InChI=1S/C17H26N4O5S2/c1-17(2,3)26-16(22)19-11-14-10-18-15(27-14)21-12-13(9-20-21)7-5-6-8-25-28(4,23)24/h9-10,12H,5-8,11H2,1-4H3,(H,19,22). The molecular weight excluding hydrogens is 404 g/mol. The maximum absolute atomic E-state index is 11.7. The van der Waals surface area contributed by atoms with Crippen LogP contribution in [0.3, 0.4) is 0 Å². The number of alkyl carbamates (subject to hydrolysis) is 1. The van der Waals surface area contributed by atoms with Crippen molar-refractivity contribution >= 4 is 27.5 Å². The Kier molecular flexibility index (Phi) is 7.55. The Balaban J connectivity index is 1.79. The summed E-state index contributed by atoms with van der Waals surface area (Å²) in [6.45, 7) is 5.96. The predicted octanol–water partition coefficient (Wildman–Crippen LogP) is 2.65. The normalized spacial score (nSPS) is 12.1. The maximum atomic E-state index is 11.7. The number of ether oxygens (including phenoxy) is 1. The minimum Gasteiger partial charge on any atom is -0.444 e. The summed E-state index contributed by atoms with van der Waals surface area (Å²) in [6.07, 6.45) is 8.14. The van der Waals surface area contributed by atoms with E-state index in [4.69, 9.17) is 8.92 Å². The third-order valence-corrected chi connectivity index (χ3v) is 4.92. The van der Waals surface area contributed by atoms with Crippen molar-refractivity contribution in [2.45, 2.75) is 52.2 Å². The average Bonchev–Trinajstić information content (AvgIpc) is 3.19. The summed E-state index contributed by atoms with van der Waals surface area (Å²) in [5.74, 6) is 0. The monoisotopic (exact) mass is 430 g/mol. The quantitative estimate of drug-likeness (QED) is 0.481. The Morgan fingerprint density at radius 2 is 2.04 bits per heavy atom. The Labute approximate surface area is 169 Å². The highest BCUT2D eigenvalue weighted by Crippen LogP contribution is 2.18. The number of nitrogens with zero attached hydrogens (tertiary/aromatic N) is 3. The summed E-state index contributed by atoms with van der Waals surface area (Å²) < 4.78 is 33.4. The number of hydrogen-bond acceptors (Lipinski definition) is 8. The van der Waals surface area contributed by atoms with E-state index in [1.165, 1.54) is 11.3 Å². The van der Waals surface area contributed by atoms with Crippen molar-refractivity contribution in [2.24, 2.45) is 0 Å². The zero-order valence-electron chi connectivity index (χ0n) is 16.5. The molecule has 0 bridgehead atoms. The van der Waals surface area contributed by atoms with E-state index >= 15 is 0 Å². The number of aromatic nitrogens is 3. The summed E-state index contributed by atoms with van der Waals surface area (Å²) in [4.78, 5) is 16.9. The minimum atomic E-state index is -3.38. The molecule has 0 aliphatic heterocycles. The van der Waals surface area contributed by atoms with E-state index in [0.29, 0.717) is 18.1 Å². The SMILES string of the molecule is CC(C)(C)OC(=O)NCc1cnc(-n2cc(CCCCOS(C)(=O)=O)cn2)s1. The lowest BCUT2D eigenvalue weighted by Gasteiger charge is -2.19. The van der Waals surface area contributed by atoms with Gasteiger partial charge in [-0.2, -0.15) is 13.5 Å². The van der Waals surface area contributed by atoms with Crippen LogP contribution in [-0.4, -0.2) is 47.7 Å². The number of aryl methyl sites for hydroxylation is 1. The molecule has 0 fully saturated rings. The topological polar surface area (TPSA) is 112 Å². The van der Waals surface area contributed by atoms with Crippen molar-refractivity contribution in [1.29, 1.82) is 0 Å². The van der Waals surface area contributed by atoms with Gasteiger partial charge in [0.1, 0.15) is 5.60 Å². The highest BCUT2D eigenvalue weighted by molar-refractivity contribution is 7.85. The highest BCUT2D eigenvalue weighted by Gasteiger charge is 2.16. The van der Waals surface area contributed by atoms with Gasteiger partial charge in [-0.15, -0.1) is 0 Å². The number of hydrogen-bond donors (Lipinski definition) is 1. The molecule has 1 amide bonds. The lowest BCUT2D eigenvalue weighted by atomic mass is 10.2. The van der Waals surface area contributed by atoms with E-state index < -0.39 is 21.8 Å². The van der Waals surface area contributed by atoms with E-state index in [0.717, 1.165) is 29.5 Å². The molecule has 2 heterocycles. The van der Waals surface area contributed by atoms with Crippen LogP contribution in [0.2, 0.25) is 0 Å². The summed E-state index contributed by atoms with van der Waals surface area (Å²) in [5.41, 5.74) is 0.494. The van der Waals surface area contributed by atoms with Crippen LogP contribution >= 0.6 is 11.3 Å². The largest absolute Gasteiger partial charge is 0.444 e. The fourth-order valence-corrected chi connectivity index (χ4v) is 3.40. The molecule has 2 aromatic heterocycles. The third-order valence-electron chi connectivity index (χ3n) is 3.34. The fourth-order valence-electron chi connectivity index (χ4n) is 2.19. The molecule has 0 unspecified atom stereocenters. The summed E-state index contributed by atoms with van der Waals surface area (Å²) in [6, 6.07) is 0. The molecule has 1 N–H and O–H groups in total. The lowest BCUT2D eigenvalue weighted by molar-refractivity contribution is 0.0524. The number of amides is 1. The molecule has 0 atom stereocenters. The van der Waals surface area contributed by atoms with E-state index in [1.807, 2.05) is 27.0 Å². The minimum absolute atomic E-state index is 0.188. The van der Waals surface area contributed by atoms with Gasteiger partial charge in [0.25, 0.3) is 10.1 Å². The number of unbranched alkanes of at least 4 members (excludes halogenated alkanes) is 1. The molecule has 11 heteroatoms. The average molecular weight is 431 g/mol. The molecule has 0 saturated heterocycles. The van der Waals surface area contributed by atoms with Crippen LogP contribution in [0.15, 0.2) is 18.6 Å². The van der Waals surface area contributed by atoms with Crippen molar-refractivity contribution in [3.63, 3.8) is 0 Å². The van der Waals surface area contributed by atoms with Crippen LogP contribution in [-0.2, 0) is 32.0 Å². The maximum Gasteiger partial charge on any atom is 0.407 e. The Morgan fingerprint density at radius 3 is 2.71 bits per heavy atom. The van der Waals surface area contributed by atoms with Gasteiger partial charge < -0.3 is 10.1 Å². The summed E-state index contributed by atoms with van der Waals surface area (Å²) in [5, 5.41) is 7.71. The second kappa shape index (κ2) is 9.48. The molecule has 0 aromatic carbocycles. The van der Waals surface area contributed by atoms with Gasteiger partial charge in [0.05, 0.1) is 25.6 Å². The van der Waals surface area contributed by atoms with E-state index in [-0.39, 0.29) is 6.61 Å². The Morgan fingerprint density at radius 1 is 1.29 bits per heavy atom. The molecule has 0 saturated carbocycles. The van der Waals surface area contributed by atoms with E-state index in [2.05, 4.69) is 15.4 Å². The first-order chi connectivity index (χ1) is 13.0. The second-order valence-corrected chi connectivity index (χ2v) is 9.98. The Hall–Kier alpha value is -1.98. The predicted molar refractivity (Wildman–Crippen MR) is 106 cm³/mol. The van der Waals surface area contributed by atoms with Crippen LogP contribution in [0.5, 0.6) is 0 Å². The lowest BCUT2D eigenvalue weighted by Crippen LogP contribution is -2.31. The second-order valence-electron chi connectivity index (χ2n) is 7.24. The van der Waals surface area contributed by atoms with Crippen molar-refractivity contribution in [3.8, 4) is 5.13 Å². The first-order valence-electron chi connectivity index (χ1n) is 8.82. The van der Waals surface area contributed by atoms with Gasteiger partial charge in [-0.05, 0) is 45.6 Å². The van der Waals surface area contributed by atoms with Crippen LogP contribution in [0, 0.1) is 0 Å². The number of carbonyl (C=O) groups is 1. The summed E-state index contributed by atoms with van der Waals surface area (Å²) >= 11 is 1.43. The number of carbonyl (C=O) groups excluding carboxylic acids is 1. The molecule has 0 aliphatic carbocycles. The molecular formula is C17H26N4O5S2. The first kappa shape index (κ1) is 22.3. The zero-order valence-corrected chi connectivity index (χ0v) is 18.1. The first-order valence-corrected chi connectivity index (χ1v) is 11.4. The van der Waals surface area contributed by atoms with Crippen molar-refractivity contribution in [1.82, 2.24) is 20.1 Å². The molecule has 28 heavy (non-hydrogen) atoms. The molecule has 2 rings (SSSR count). The fraction of sp³-hybridized carbons (Fsp3) is 0.588. The van der Waals surface area contributed by atoms with Gasteiger partial charge in [0, 0.05) is 17.3 Å². The number of nitrogens with one attached hydrogen (secondary N) is 1. The van der Waals surface area contributed by atoms with Crippen LogP contribution < -0.4 is 5.32 Å². The van der Waals surface area contributed by atoms with Gasteiger partial charge in [0.15, 0.2) is 0 Å². The van der Waals surface area contributed by atoms with Gasteiger partial charge in [-0.3, -0.25) is 4.18 Å². The van der Waals surface area contributed by atoms with Gasteiger partial charge in [-0.1, -0.05) is 11.3 Å². The van der Waals surface area contributed by atoms with Crippen LogP contribution in [0.25, 0.3) is 5.13 Å². The van der Waals surface area contributed by atoms with Gasteiger partial charge in [0.2, 0.25) is 5.13 Å². The highest BCUT2D eigenvalue weighted by atomic mass is 32.2. The number of thiazole rings is 1. The van der Waals surface area contributed by atoms with Crippen molar-refractivity contribution in [3.05, 3.63) is 29.0 Å². The molecule has 9 nitrogen and oxygen atoms in total. The third kappa shape index (κ3) is 8.36. The molecule has 156 valence electrons. The van der Waals surface area contributed by atoms with Crippen molar-refractivity contribution < 1.29 is 22.1 Å². The van der Waals surface area contributed by atoms with E-state index in [9.17, 15) is 13.2 Å². The number of rotatable bonds is 9. The van der Waals surface area contributed by atoms with Crippen LogP contribution in [0.1, 0.15) is 44.1 Å². The molecule has 0 radical (unpaired) electrons. The molecule has 0 aliphatic rings. The van der Waals surface area contributed by atoms with Gasteiger partial charge in [-0.25, -0.2) is 14.5 Å². The molecule has 2 aromatic rings. The zero-order chi connectivity index (χ0) is 20.8. The van der Waals surface area contributed by atoms with Crippen molar-refractivity contribution in [2.75, 3.05) is 12.9 Å².